The Morgan fingerprint density at radius 2 is 1.77 bits per heavy atom. The van der Waals surface area contributed by atoms with Crippen LogP contribution in [0.4, 0.5) is 4.39 Å². The van der Waals surface area contributed by atoms with Crippen LogP contribution >= 0.6 is 31.9 Å². The second kappa shape index (κ2) is 10.1. The number of carboxylic acids is 1. The Bertz CT molecular complexity index is 971. The average Bonchev–Trinajstić information content (AvgIpc) is 2.71. The summed E-state index contributed by atoms with van der Waals surface area (Å²) in [6, 6.07) is 9.59. The van der Waals surface area contributed by atoms with Crippen molar-refractivity contribution in [2.45, 2.75) is 32.5 Å². The van der Waals surface area contributed by atoms with Crippen LogP contribution in [0.3, 0.4) is 0 Å². The highest BCUT2D eigenvalue weighted by Gasteiger charge is 2.32. The predicted octanol–water partition coefficient (Wildman–Crippen LogP) is 4.55. The summed E-state index contributed by atoms with van der Waals surface area (Å²) < 4.78 is 19.7. The quantitative estimate of drug-likeness (QED) is 0.564. The van der Waals surface area contributed by atoms with Gasteiger partial charge in [-0.3, -0.25) is 9.69 Å². The Morgan fingerprint density at radius 1 is 1.10 bits per heavy atom. The minimum Gasteiger partial charge on any atom is -0.481 e. The summed E-state index contributed by atoms with van der Waals surface area (Å²) in [6.45, 7) is 5.76. The minimum absolute atomic E-state index is 0.0232. The van der Waals surface area contributed by atoms with Gasteiger partial charge >= 0.3 is 5.97 Å². The number of hydrogen-bond donors (Lipinski definition) is 1. The summed E-state index contributed by atoms with van der Waals surface area (Å²) in [5.41, 5.74) is 1.08. The Kier molecular flexibility index (Phi) is 7.72. The Balaban J connectivity index is 1.62. The molecule has 3 rings (SSSR count). The molecule has 0 bridgehead atoms. The van der Waals surface area contributed by atoms with Crippen LogP contribution in [0.25, 0.3) is 0 Å². The molecule has 1 amide bonds. The van der Waals surface area contributed by atoms with Crippen molar-refractivity contribution in [1.29, 1.82) is 0 Å². The molecule has 1 aliphatic rings. The fraction of sp³-hybridized carbons (Fsp3) is 0.364. The summed E-state index contributed by atoms with van der Waals surface area (Å²) in [4.78, 5) is 28.3. The number of rotatable bonds is 6. The third-order valence-electron chi connectivity index (χ3n) is 5.35. The van der Waals surface area contributed by atoms with E-state index in [2.05, 4.69) is 43.7 Å². The molecule has 1 fully saturated rings. The summed E-state index contributed by atoms with van der Waals surface area (Å²) in [6.07, 6.45) is 0. The number of nitrogens with zero attached hydrogens (tertiary/aromatic N) is 2. The van der Waals surface area contributed by atoms with Crippen LogP contribution in [0, 0.1) is 5.82 Å². The highest BCUT2D eigenvalue weighted by molar-refractivity contribution is 9.11. The first-order valence-corrected chi connectivity index (χ1v) is 11.4. The Morgan fingerprint density at radius 3 is 2.42 bits per heavy atom. The highest BCUT2D eigenvalue weighted by atomic mass is 79.9. The first-order chi connectivity index (χ1) is 14.7. The van der Waals surface area contributed by atoms with Gasteiger partial charge in [-0.25, -0.2) is 9.18 Å². The van der Waals surface area contributed by atoms with Gasteiger partial charge in [-0.2, -0.15) is 0 Å². The van der Waals surface area contributed by atoms with E-state index in [0.29, 0.717) is 24.1 Å². The van der Waals surface area contributed by atoms with Gasteiger partial charge in [0.1, 0.15) is 11.6 Å². The highest BCUT2D eigenvalue weighted by Crippen LogP contribution is 2.36. The van der Waals surface area contributed by atoms with Crippen LogP contribution < -0.4 is 4.74 Å². The summed E-state index contributed by atoms with van der Waals surface area (Å²) >= 11 is 6.59. The van der Waals surface area contributed by atoms with E-state index in [1.165, 1.54) is 18.2 Å². The molecule has 2 aromatic carbocycles. The van der Waals surface area contributed by atoms with Gasteiger partial charge in [0.2, 0.25) is 0 Å². The molecule has 31 heavy (non-hydrogen) atoms. The molecule has 2 aromatic rings. The zero-order chi connectivity index (χ0) is 22.7. The number of benzene rings is 2. The molecule has 2 unspecified atom stereocenters. The van der Waals surface area contributed by atoms with Gasteiger partial charge in [-0.05, 0) is 75.5 Å². The van der Waals surface area contributed by atoms with Crippen molar-refractivity contribution in [1.82, 2.24) is 9.80 Å². The molecule has 1 aliphatic heterocycles. The second-order valence-corrected chi connectivity index (χ2v) is 9.28. The van der Waals surface area contributed by atoms with Crippen LogP contribution in [0.5, 0.6) is 5.75 Å². The van der Waals surface area contributed by atoms with Crippen molar-refractivity contribution in [3.8, 4) is 5.75 Å². The Labute approximate surface area is 197 Å². The Hall–Kier alpha value is -1.97. The molecule has 0 spiro atoms. The third kappa shape index (κ3) is 5.64. The molecule has 1 heterocycles. The minimum atomic E-state index is -1.09. The fourth-order valence-electron chi connectivity index (χ4n) is 3.64. The number of carboxylic acid groups (broad SMARTS) is 1. The second-order valence-electron chi connectivity index (χ2n) is 7.63. The first kappa shape index (κ1) is 23.7. The lowest BCUT2D eigenvalue weighted by Gasteiger charge is -2.44. The maximum Gasteiger partial charge on any atom is 0.336 e. The van der Waals surface area contributed by atoms with Crippen LogP contribution in [0.15, 0.2) is 45.3 Å². The molecule has 1 N–H and O–H groups in total. The molecule has 9 heteroatoms. The largest absolute Gasteiger partial charge is 0.481 e. The van der Waals surface area contributed by atoms with Gasteiger partial charge in [0.25, 0.3) is 5.91 Å². The van der Waals surface area contributed by atoms with E-state index < -0.39 is 5.97 Å². The van der Waals surface area contributed by atoms with Crippen molar-refractivity contribution in [2.75, 3.05) is 19.7 Å². The maximum atomic E-state index is 13.1. The fourth-order valence-corrected chi connectivity index (χ4v) is 4.98. The van der Waals surface area contributed by atoms with E-state index in [1.807, 2.05) is 6.92 Å². The van der Waals surface area contributed by atoms with E-state index in [-0.39, 0.29) is 46.2 Å². The number of carbonyl (C=O) groups is 2. The predicted molar refractivity (Wildman–Crippen MR) is 122 cm³/mol. The average molecular weight is 558 g/mol. The van der Waals surface area contributed by atoms with Gasteiger partial charge in [-0.1, -0.05) is 12.1 Å². The first-order valence-electron chi connectivity index (χ1n) is 9.79. The summed E-state index contributed by atoms with van der Waals surface area (Å²) in [7, 11) is 0. The van der Waals surface area contributed by atoms with Crippen molar-refractivity contribution < 1.29 is 23.8 Å². The topological polar surface area (TPSA) is 70.1 Å². The summed E-state index contributed by atoms with van der Waals surface area (Å²) in [5.74, 6) is -1.23. The monoisotopic (exact) mass is 556 g/mol. The van der Waals surface area contributed by atoms with E-state index in [4.69, 9.17) is 4.74 Å². The molecule has 0 aromatic heterocycles. The molecule has 166 valence electrons. The van der Waals surface area contributed by atoms with Gasteiger partial charge < -0.3 is 14.7 Å². The smallest absolute Gasteiger partial charge is 0.336 e. The normalized spacial score (nSPS) is 19.3. The molecule has 1 saturated heterocycles. The molecule has 0 aliphatic carbocycles. The van der Waals surface area contributed by atoms with Crippen molar-refractivity contribution in [3.63, 3.8) is 0 Å². The van der Waals surface area contributed by atoms with E-state index in [9.17, 15) is 19.1 Å². The van der Waals surface area contributed by atoms with Crippen molar-refractivity contribution in [2.24, 2.45) is 0 Å². The number of amides is 1. The zero-order valence-electron chi connectivity index (χ0n) is 17.1. The van der Waals surface area contributed by atoms with Crippen molar-refractivity contribution >= 4 is 43.7 Å². The number of halogens is 3. The van der Waals surface area contributed by atoms with Gasteiger partial charge in [-0.15, -0.1) is 0 Å². The van der Waals surface area contributed by atoms with Crippen LogP contribution in [0.2, 0.25) is 0 Å². The van der Waals surface area contributed by atoms with Crippen molar-refractivity contribution in [3.05, 3.63) is 62.3 Å². The van der Waals surface area contributed by atoms with E-state index >= 15 is 0 Å². The number of aromatic carboxylic acids is 1. The third-order valence-corrected chi connectivity index (χ3v) is 6.77. The lowest BCUT2D eigenvalue weighted by molar-refractivity contribution is -0.139. The van der Waals surface area contributed by atoms with Gasteiger partial charge in [0.15, 0.2) is 6.61 Å². The van der Waals surface area contributed by atoms with Crippen LogP contribution in [0.1, 0.15) is 29.8 Å². The maximum absolute atomic E-state index is 13.1. The molecule has 0 radical (unpaired) electrons. The SMILES string of the molecule is CC1CN(C(=O)COc2c(Br)ccc(C(=O)O)c2Br)C(C)CN1Cc1ccc(F)cc1. The molecular formula is C22H23Br2FN2O4. The molecule has 2 atom stereocenters. The van der Waals surface area contributed by atoms with E-state index in [1.54, 1.807) is 23.1 Å². The van der Waals surface area contributed by atoms with Gasteiger partial charge in [0, 0.05) is 31.7 Å². The standard InChI is InChI=1S/C22H23Br2FN2O4/c1-13-10-27(14(2)9-26(13)11-15-3-5-16(25)6-4-15)19(28)12-31-21-18(23)8-7-17(20(21)24)22(29)30/h3-8,13-14H,9-12H2,1-2H3,(H,29,30). The number of carbonyl (C=O) groups excluding carboxylic acids is 1. The molecule has 6 nitrogen and oxygen atoms in total. The van der Waals surface area contributed by atoms with Gasteiger partial charge in [0.05, 0.1) is 14.5 Å². The lowest BCUT2D eigenvalue weighted by Crippen LogP contribution is -2.58. The number of hydrogen-bond acceptors (Lipinski definition) is 4. The zero-order valence-corrected chi connectivity index (χ0v) is 20.3. The molecular weight excluding hydrogens is 535 g/mol. The number of ether oxygens (including phenoxy) is 1. The number of piperazine rings is 1. The lowest BCUT2D eigenvalue weighted by atomic mass is 10.1. The molecule has 0 saturated carbocycles. The van der Waals surface area contributed by atoms with Crippen LogP contribution in [-0.2, 0) is 11.3 Å². The van der Waals surface area contributed by atoms with E-state index in [0.717, 1.165) is 5.56 Å². The van der Waals surface area contributed by atoms with Crippen LogP contribution in [-0.4, -0.2) is 58.6 Å². The summed E-state index contributed by atoms with van der Waals surface area (Å²) in [5, 5.41) is 9.27.